The molecule has 1 saturated heterocycles. The summed E-state index contributed by atoms with van der Waals surface area (Å²) in [4.78, 5) is 6.66. The Bertz CT molecular complexity index is 499. The lowest BCUT2D eigenvalue weighted by molar-refractivity contribution is 0.0792. The van der Waals surface area contributed by atoms with Crippen molar-refractivity contribution in [2.45, 2.75) is 51.8 Å². The number of hydrogen-bond donors (Lipinski definition) is 3. The lowest BCUT2D eigenvalue weighted by Gasteiger charge is -2.29. The van der Waals surface area contributed by atoms with Crippen molar-refractivity contribution in [3.63, 3.8) is 0 Å². The highest BCUT2D eigenvalue weighted by atomic mass is 127. The number of benzene rings is 1. The van der Waals surface area contributed by atoms with E-state index in [0.717, 1.165) is 57.9 Å². The molecule has 0 spiro atoms. The Hall–Kier alpha value is -0.860. The molecular formula is C19H33IN4O. The second-order valence-corrected chi connectivity index (χ2v) is 6.53. The molecule has 1 aromatic rings. The molecule has 3 N–H and O–H groups in total. The van der Waals surface area contributed by atoms with Crippen molar-refractivity contribution in [3.8, 4) is 0 Å². The zero-order valence-corrected chi connectivity index (χ0v) is 17.8. The summed E-state index contributed by atoms with van der Waals surface area (Å²) in [5.74, 6) is 0.861. The summed E-state index contributed by atoms with van der Waals surface area (Å²) < 4.78 is 0. The topological polar surface area (TPSA) is 59.9 Å². The Balaban J connectivity index is 0.00000312. The van der Waals surface area contributed by atoms with Crippen LogP contribution in [0.5, 0.6) is 0 Å². The summed E-state index contributed by atoms with van der Waals surface area (Å²) in [6.07, 6.45) is 4.03. The van der Waals surface area contributed by atoms with Gasteiger partial charge in [-0.15, -0.1) is 24.0 Å². The van der Waals surface area contributed by atoms with Gasteiger partial charge in [0.15, 0.2) is 5.96 Å². The number of aliphatic hydroxyl groups excluding tert-OH is 1. The number of guanidine groups is 1. The normalized spacial score (nSPS) is 16.4. The Labute approximate surface area is 169 Å². The average molecular weight is 460 g/mol. The molecule has 0 aliphatic carbocycles. The van der Waals surface area contributed by atoms with Gasteiger partial charge in [-0.2, -0.15) is 0 Å². The molecular weight excluding hydrogens is 427 g/mol. The van der Waals surface area contributed by atoms with Crippen LogP contribution in [-0.2, 0) is 13.1 Å². The van der Waals surface area contributed by atoms with Gasteiger partial charge in [0.1, 0.15) is 0 Å². The van der Waals surface area contributed by atoms with Crippen molar-refractivity contribution in [2.24, 2.45) is 4.99 Å². The summed E-state index contributed by atoms with van der Waals surface area (Å²) in [7, 11) is 1.81. The first-order chi connectivity index (χ1) is 11.7. The maximum absolute atomic E-state index is 9.57. The minimum atomic E-state index is -0.102. The summed E-state index contributed by atoms with van der Waals surface area (Å²) in [6.45, 7) is 6.88. The van der Waals surface area contributed by atoms with Crippen molar-refractivity contribution < 1.29 is 5.11 Å². The van der Waals surface area contributed by atoms with Gasteiger partial charge in [0, 0.05) is 39.8 Å². The molecule has 1 aromatic carbocycles. The quantitative estimate of drug-likeness (QED) is 0.254. The van der Waals surface area contributed by atoms with Crippen LogP contribution in [0.15, 0.2) is 29.3 Å². The molecule has 2 rings (SSSR count). The summed E-state index contributed by atoms with van der Waals surface area (Å²) in [5.41, 5.74) is 2.59. The van der Waals surface area contributed by atoms with Crippen LogP contribution in [-0.4, -0.2) is 48.8 Å². The summed E-state index contributed by atoms with van der Waals surface area (Å²) in [5, 5.41) is 16.2. The van der Waals surface area contributed by atoms with E-state index >= 15 is 0 Å². The van der Waals surface area contributed by atoms with Crippen molar-refractivity contribution in [2.75, 3.05) is 26.7 Å². The molecule has 1 aliphatic rings. The summed E-state index contributed by atoms with van der Waals surface area (Å²) >= 11 is 0. The third-order valence-corrected chi connectivity index (χ3v) is 4.49. The molecule has 5 nitrogen and oxygen atoms in total. The highest BCUT2D eigenvalue weighted by Crippen LogP contribution is 2.14. The molecule has 142 valence electrons. The minimum absolute atomic E-state index is 0. The van der Waals surface area contributed by atoms with Crippen molar-refractivity contribution in [1.29, 1.82) is 0 Å². The molecule has 1 fully saturated rings. The van der Waals surface area contributed by atoms with E-state index in [-0.39, 0.29) is 30.1 Å². The zero-order chi connectivity index (χ0) is 17.2. The Kier molecular flexibility index (Phi) is 11.1. The predicted molar refractivity (Wildman–Crippen MR) is 115 cm³/mol. The zero-order valence-electron chi connectivity index (χ0n) is 15.5. The molecule has 0 bridgehead atoms. The summed E-state index contributed by atoms with van der Waals surface area (Å²) in [6, 6.07) is 8.77. The van der Waals surface area contributed by atoms with Crippen LogP contribution in [0, 0.1) is 0 Å². The van der Waals surface area contributed by atoms with Gasteiger partial charge in [0.25, 0.3) is 0 Å². The van der Waals surface area contributed by atoms with Crippen LogP contribution in [0.4, 0.5) is 0 Å². The number of likely N-dealkylation sites (tertiary alicyclic amines) is 1. The van der Waals surface area contributed by atoms with Crippen LogP contribution < -0.4 is 10.6 Å². The largest absolute Gasteiger partial charge is 0.393 e. The maximum atomic E-state index is 9.57. The molecule has 6 heteroatoms. The molecule has 25 heavy (non-hydrogen) atoms. The first-order valence-electron chi connectivity index (χ1n) is 9.14. The van der Waals surface area contributed by atoms with E-state index < -0.39 is 0 Å². The number of unbranched alkanes of at least 4 members (excludes halogenated alkanes) is 1. The number of halogens is 1. The standard InChI is InChI=1S/C19H32N4O.HI/c1-3-4-11-21-19(20-2)22-14-16-5-7-17(8-6-16)15-23-12-9-18(24)10-13-23;/h5-8,18,24H,3-4,9-15H2,1-2H3,(H2,20,21,22);1H. The van der Waals surface area contributed by atoms with Gasteiger partial charge in [0.05, 0.1) is 6.10 Å². The van der Waals surface area contributed by atoms with Gasteiger partial charge in [-0.05, 0) is 30.4 Å². The maximum Gasteiger partial charge on any atom is 0.191 e. The first kappa shape index (κ1) is 22.2. The number of aliphatic imine (C=N–C) groups is 1. The van der Waals surface area contributed by atoms with E-state index in [0.29, 0.717) is 0 Å². The fourth-order valence-electron chi connectivity index (χ4n) is 2.89. The van der Waals surface area contributed by atoms with Crippen molar-refractivity contribution in [1.82, 2.24) is 15.5 Å². The van der Waals surface area contributed by atoms with E-state index in [1.165, 1.54) is 17.5 Å². The number of rotatable bonds is 7. The van der Waals surface area contributed by atoms with Gasteiger partial charge < -0.3 is 15.7 Å². The molecule has 1 heterocycles. The molecule has 0 unspecified atom stereocenters. The van der Waals surface area contributed by atoms with Crippen molar-refractivity contribution in [3.05, 3.63) is 35.4 Å². The Morgan fingerprint density at radius 1 is 1.16 bits per heavy atom. The fourth-order valence-corrected chi connectivity index (χ4v) is 2.89. The third kappa shape index (κ3) is 8.37. The number of hydrogen-bond acceptors (Lipinski definition) is 3. The molecule has 0 amide bonds. The third-order valence-electron chi connectivity index (χ3n) is 4.49. The molecule has 1 aliphatic heterocycles. The van der Waals surface area contributed by atoms with Gasteiger partial charge in [-0.3, -0.25) is 9.89 Å². The van der Waals surface area contributed by atoms with Gasteiger partial charge in [0.2, 0.25) is 0 Å². The van der Waals surface area contributed by atoms with Gasteiger partial charge in [-0.1, -0.05) is 37.6 Å². The minimum Gasteiger partial charge on any atom is -0.393 e. The van der Waals surface area contributed by atoms with E-state index in [1.54, 1.807) is 7.05 Å². The van der Waals surface area contributed by atoms with E-state index in [1.807, 2.05) is 0 Å². The van der Waals surface area contributed by atoms with Gasteiger partial charge in [-0.25, -0.2) is 0 Å². The monoisotopic (exact) mass is 460 g/mol. The molecule has 0 saturated carbocycles. The number of nitrogens with zero attached hydrogens (tertiary/aromatic N) is 2. The van der Waals surface area contributed by atoms with Crippen LogP contribution in [0.2, 0.25) is 0 Å². The predicted octanol–water partition coefficient (Wildman–Crippen LogP) is 2.73. The second-order valence-electron chi connectivity index (χ2n) is 6.53. The first-order valence-corrected chi connectivity index (χ1v) is 9.14. The molecule has 0 atom stereocenters. The highest BCUT2D eigenvalue weighted by molar-refractivity contribution is 14.0. The highest BCUT2D eigenvalue weighted by Gasteiger charge is 2.16. The van der Waals surface area contributed by atoms with Crippen molar-refractivity contribution >= 4 is 29.9 Å². The van der Waals surface area contributed by atoms with Gasteiger partial charge >= 0.3 is 0 Å². The number of piperidine rings is 1. The average Bonchev–Trinajstić information content (AvgIpc) is 2.61. The van der Waals surface area contributed by atoms with Crippen LogP contribution in [0.3, 0.4) is 0 Å². The lowest BCUT2D eigenvalue weighted by atomic mass is 10.1. The van der Waals surface area contributed by atoms with Crippen LogP contribution >= 0.6 is 24.0 Å². The molecule has 0 radical (unpaired) electrons. The van der Waals surface area contributed by atoms with E-state index in [2.05, 4.69) is 51.7 Å². The van der Waals surface area contributed by atoms with Crippen LogP contribution in [0.1, 0.15) is 43.7 Å². The van der Waals surface area contributed by atoms with Crippen LogP contribution in [0.25, 0.3) is 0 Å². The number of nitrogens with one attached hydrogen (secondary N) is 2. The second kappa shape index (κ2) is 12.5. The Morgan fingerprint density at radius 2 is 1.80 bits per heavy atom. The van der Waals surface area contributed by atoms with E-state index in [4.69, 9.17) is 0 Å². The molecule has 0 aromatic heterocycles. The SMILES string of the molecule is CCCCNC(=NC)NCc1ccc(CN2CCC(O)CC2)cc1.I. The smallest absolute Gasteiger partial charge is 0.191 e. The number of aliphatic hydroxyl groups is 1. The fraction of sp³-hybridized carbons (Fsp3) is 0.632. The Morgan fingerprint density at radius 3 is 2.40 bits per heavy atom. The van der Waals surface area contributed by atoms with E-state index in [9.17, 15) is 5.11 Å². The lowest BCUT2D eigenvalue weighted by Crippen LogP contribution is -2.37.